The SMILES string of the molecule is Cn1cnc(S(=O)(=O)Nc2cc3c(cc2Oc2cccc(OCC(C)(O)CO)c2)n(C)c(=O)n3C)c1. The molecule has 0 bridgehead atoms. The third-order valence-electron chi connectivity index (χ3n) is 5.50. The number of anilines is 1. The molecule has 1 unspecified atom stereocenters. The summed E-state index contributed by atoms with van der Waals surface area (Å²) < 4.78 is 44.4. The van der Waals surface area contributed by atoms with Crippen LogP contribution in [-0.4, -0.2) is 56.1 Å². The fourth-order valence-electron chi connectivity index (χ4n) is 3.45. The number of rotatable bonds is 9. The van der Waals surface area contributed by atoms with E-state index in [-0.39, 0.29) is 28.8 Å². The third-order valence-corrected chi connectivity index (χ3v) is 6.75. The van der Waals surface area contributed by atoms with E-state index >= 15 is 0 Å². The van der Waals surface area contributed by atoms with Crippen molar-refractivity contribution in [3.63, 3.8) is 0 Å². The minimum Gasteiger partial charge on any atom is -0.490 e. The van der Waals surface area contributed by atoms with Gasteiger partial charge in [0.25, 0.3) is 10.0 Å². The van der Waals surface area contributed by atoms with Crippen LogP contribution in [0.15, 0.2) is 58.7 Å². The molecule has 0 fully saturated rings. The van der Waals surface area contributed by atoms with Crippen LogP contribution in [-0.2, 0) is 31.2 Å². The molecule has 0 radical (unpaired) electrons. The molecule has 13 heteroatoms. The lowest BCUT2D eigenvalue weighted by Crippen LogP contribution is -2.36. The Morgan fingerprint density at radius 3 is 2.39 bits per heavy atom. The quantitative estimate of drug-likeness (QED) is 0.301. The van der Waals surface area contributed by atoms with Gasteiger partial charge in [-0.1, -0.05) is 6.07 Å². The van der Waals surface area contributed by atoms with Crippen molar-refractivity contribution < 1.29 is 28.1 Å². The van der Waals surface area contributed by atoms with Crippen LogP contribution in [0.3, 0.4) is 0 Å². The maximum Gasteiger partial charge on any atom is 0.328 e. The molecule has 0 aliphatic carbocycles. The lowest BCUT2D eigenvalue weighted by molar-refractivity contribution is -0.0325. The maximum atomic E-state index is 13.0. The van der Waals surface area contributed by atoms with E-state index in [0.717, 1.165) is 0 Å². The summed E-state index contributed by atoms with van der Waals surface area (Å²) in [5, 5.41) is 19.0. The number of fused-ring (bicyclic) bond motifs is 1. The zero-order valence-corrected chi connectivity index (χ0v) is 21.0. The van der Waals surface area contributed by atoms with Crippen molar-refractivity contribution in [2.45, 2.75) is 17.6 Å². The topological polar surface area (TPSA) is 150 Å². The maximum absolute atomic E-state index is 13.0. The molecular weight excluding hydrogens is 490 g/mol. The number of sulfonamides is 1. The number of nitrogens with zero attached hydrogens (tertiary/aromatic N) is 4. The first-order valence-electron chi connectivity index (χ1n) is 10.8. The average Bonchev–Trinajstić information content (AvgIpc) is 3.37. The number of hydrogen-bond donors (Lipinski definition) is 3. The van der Waals surface area contributed by atoms with Crippen LogP contribution in [0.4, 0.5) is 5.69 Å². The highest BCUT2D eigenvalue weighted by Gasteiger charge is 2.23. The Hall–Kier alpha value is -3.81. The van der Waals surface area contributed by atoms with E-state index in [1.165, 1.54) is 39.2 Å². The summed E-state index contributed by atoms with van der Waals surface area (Å²) in [5.41, 5.74) is -0.575. The zero-order valence-electron chi connectivity index (χ0n) is 20.2. The summed E-state index contributed by atoms with van der Waals surface area (Å²) in [7, 11) is 0.786. The van der Waals surface area contributed by atoms with Crippen molar-refractivity contribution >= 4 is 26.7 Å². The minimum atomic E-state index is -4.06. The van der Waals surface area contributed by atoms with E-state index in [1.807, 2.05) is 0 Å². The second-order valence-corrected chi connectivity index (χ2v) is 10.4. The number of aryl methyl sites for hydroxylation is 3. The van der Waals surface area contributed by atoms with Crippen molar-refractivity contribution in [1.29, 1.82) is 0 Å². The number of ether oxygens (including phenoxy) is 2. The van der Waals surface area contributed by atoms with Gasteiger partial charge in [0.15, 0.2) is 10.8 Å². The molecular formula is C23H27N5O7S. The van der Waals surface area contributed by atoms with Gasteiger partial charge in [0, 0.05) is 39.5 Å². The Kier molecular flexibility index (Phi) is 6.56. The molecule has 0 saturated heterocycles. The number of hydrogen-bond acceptors (Lipinski definition) is 8. The van der Waals surface area contributed by atoms with Gasteiger partial charge in [-0.15, -0.1) is 0 Å². The molecule has 0 amide bonds. The number of imidazole rings is 2. The summed E-state index contributed by atoms with van der Waals surface area (Å²) in [4.78, 5) is 16.4. The Morgan fingerprint density at radius 1 is 1.08 bits per heavy atom. The van der Waals surface area contributed by atoms with Gasteiger partial charge in [0.2, 0.25) is 0 Å². The third kappa shape index (κ3) is 5.08. The first-order valence-corrected chi connectivity index (χ1v) is 12.3. The largest absolute Gasteiger partial charge is 0.490 e. The van der Waals surface area contributed by atoms with Gasteiger partial charge >= 0.3 is 5.69 Å². The van der Waals surface area contributed by atoms with Gasteiger partial charge in [-0.05, 0) is 25.1 Å². The zero-order chi connectivity index (χ0) is 26.3. The van der Waals surface area contributed by atoms with Crippen molar-refractivity contribution in [1.82, 2.24) is 18.7 Å². The Labute approximate surface area is 207 Å². The van der Waals surface area contributed by atoms with Gasteiger partial charge in [-0.3, -0.25) is 13.9 Å². The van der Waals surface area contributed by atoms with Gasteiger partial charge in [-0.2, -0.15) is 8.42 Å². The first-order chi connectivity index (χ1) is 16.9. The summed E-state index contributed by atoms with van der Waals surface area (Å²) >= 11 is 0. The molecule has 2 aromatic heterocycles. The molecule has 1 atom stereocenters. The predicted molar refractivity (Wildman–Crippen MR) is 132 cm³/mol. The van der Waals surface area contributed by atoms with Crippen molar-refractivity contribution in [2.75, 3.05) is 17.9 Å². The molecule has 0 aliphatic heterocycles. The fourth-order valence-corrected chi connectivity index (χ4v) is 4.50. The molecule has 0 spiro atoms. The summed E-state index contributed by atoms with van der Waals surface area (Å²) in [6.45, 7) is 0.811. The van der Waals surface area contributed by atoms with Gasteiger partial charge < -0.3 is 24.3 Å². The van der Waals surface area contributed by atoms with Gasteiger partial charge in [0.05, 0.1) is 29.7 Å². The molecule has 2 aromatic carbocycles. The molecule has 4 aromatic rings. The Morgan fingerprint density at radius 2 is 1.75 bits per heavy atom. The molecule has 4 rings (SSSR count). The number of aliphatic hydroxyl groups excluding tert-OH is 1. The second kappa shape index (κ2) is 9.33. The monoisotopic (exact) mass is 517 g/mol. The highest BCUT2D eigenvalue weighted by Crippen LogP contribution is 2.36. The van der Waals surface area contributed by atoms with Crippen LogP contribution in [0.25, 0.3) is 11.0 Å². The molecule has 0 aliphatic rings. The van der Waals surface area contributed by atoms with Crippen LogP contribution >= 0.6 is 0 Å². The molecule has 0 saturated carbocycles. The van der Waals surface area contributed by atoms with Gasteiger partial charge in [0.1, 0.15) is 23.7 Å². The minimum absolute atomic E-state index is 0.101. The van der Waals surface area contributed by atoms with E-state index in [4.69, 9.17) is 9.47 Å². The van der Waals surface area contributed by atoms with E-state index in [2.05, 4.69) is 9.71 Å². The van der Waals surface area contributed by atoms with Gasteiger partial charge in [-0.25, -0.2) is 9.78 Å². The number of aromatic nitrogens is 4. The van der Waals surface area contributed by atoms with Crippen LogP contribution in [0.5, 0.6) is 17.2 Å². The summed E-state index contributed by atoms with van der Waals surface area (Å²) in [6.07, 6.45) is 2.73. The lowest BCUT2D eigenvalue weighted by atomic mass is 10.1. The van der Waals surface area contributed by atoms with Crippen molar-refractivity contribution in [3.05, 3.63) is 59.4 Å². The molecule has 36 heavy (non-hydrogen) atoms. The van der Waals surface area contributed by atoms with E-state index in [9.17, 15) is 23.4 Å². The number of benzene rings is 2. The van der Waals surface area contributed by atoms with Crippen LogP contribution < -0.4 is 19.9 Å². The summed E-state index contributed by atoms with van der Waals surface area (Å²) in [6, 6.07) is 9.59. The Bertz CT molecular complexity index is 1580. The van der Waals surface area contributed by atoms with E-state index in [0.29, 0.717) is 22.5 Å². The van der Waals surface area contributed by atoms with E-state index in [1.54, 1.807) is 51.5 Å². The standard InChI is InChI=1S/C23H27N5O7S/c1-23(31,12-29)13-34-15-6-5-7-16(8-15)35-20-10-19-18(27(3)22(30)28(19)4)9-17(20)25-36(32,33)21-11-26(2)14-24-21/h5-11,14,25,29,31H,12-13H2,1-4H3. The molecule has 2 heterocycles. The molecule has 3 N–H and O–H groups in total. The fraction of sp³-hybridized carbons (Fsp3) is 0.304. The van der Waals surface area contributed by atoms with Crippen LogP contribution in [0.1, 0.15) is 6.92 Å². The highest BCUT2D eigenvalue weighted by molar-refractivity contribution is 7.92. The number of nitrogens with one attached hydrogen (secondary N) is 1. The number of aliphatic hydroxyl groups is 2. The lowest BCUT2D eigenvalue weighted by Gasteiger charge is -2.20. The van der Waals surface area contributed by atoms with Crippen molar-refractivity contribution in [2.24, 2.45) is 21.1 Å². The van der Waals surface area contributed by atoms with Crippen molar-refractivity contribution in [3.8, 4) is 17.2 Å². The smallest absolute Gasteiger partial charge is 0.328 e. The highest BCUT2D eigenvalue weighted by atomic mass is 32.2. The first kappa shape index (κ1) is 25.3. The second-order valence-electron chi connectivity index (χ2n) is 8.74. The Balaban J connectivity index is 1.74. The predicted octanol–water partition coefficient (Wildman–Crippen LogP) is 1.33. The van der Waals surface area contributed by atoms with Crippen LogP contribution in [0.2, 0.25) is 0 Å². The molecule has 192 valence electrons. The average molecular weight is 518 g/mol. The van der Waals surface area contributed by atoms with E-state index < -0.39 is 22.2 Å². The van der Waals surface area contributed by atoms with Crippen LogP contribution in [0, 0.1) is 0 Å². The summed E-state index contributed by atoms with van der Waals surface area (Å²) in [5.74, 6) is 0.822. The normalized spacial score (nSPS) is 13.5. The molecule has 12 nitrogen and oxygen atoms in total.